The number of phenols is 1. The van der Waals surface area contributed by atoms with Crippen molar-refractivity contribution < 1.29 is 23.7 Å². The summed E-state index contributed by atoms with van der Waals surface area (Å²) in [5.41, 5.74) is 0.404. The van der Waals surface area contributed by atoms with Gasteiger partial charge >= 0.3 is 0 Å². The molecule has 0 saturated heterocycles. The van der Waals surface area contributed by atoms with E-state index in [2.05, 4.69) is 5.32 Å². The topological polar surface area (TPSA) is 61.7 Å². The van der Waals surface area contributed by atoms with Crippen LogP contribution >= 0.6 is 11.6 Å². The second-order valence-corrected chi connectivity index (χ2v) is 4.08. The van der Waals surface area contributed by atoms with Crippen LogP contribution < -0.4 is 10.1 Å². The Morgan fingerprint density at radius 1 is 1.44 bits per heavy atom. The molecule has 1 aromatic rings. The largest absolute Gasteiger partial charge is 0.504 e. The molecule has 0 aliphatic carbocycles. The Bertz CT molecular complexity index is 404. The molecular formula is C11H14ClF2NO3. The number of ether oxygens (including phenoxy) is 1. The normalized spacial score (nSPS) is 12.8. The summed E-state index contributed by atoms with van der Waals surface area (Å²) in [4.78, 5) is 0. The molecule has 0 aliphatic rings. The number of aliphatic hydroxyl groups is 1. The van der Waals surface area contributed by atoms with E-state index in [4.69, 9.17) is 21.4 Å². The standard InChI is InChI=1S/C11H14ClF2NO3/c1-18-9-3-7(12)2-6(10(9)17)4-15-5-8(16)11(13)14/h2-3,8,11,15-17H,4-5H2,1H3. The molecule has 1 atom stereocenters. The maximum Gasteiger partial charge on any atom is 0.265 e. The van der Waals surface area contributed by atoms with Crippen molar-refractivity contribution in [2.75, 3.05) is 13.7 Å². The summed E-state index contributed by atoms with van der Waals surface area (Å²) < 4.78 is 29.0. The first-order valence-electron chi connectivity index (χ1n) is 5.18. The molecule has 1 rings (SSSR count). The summed E-state index contributed by atoms with van der Waals surface area (Å²) in [6, 6.07) is 2.93. The van der Waals surface area contributed by atoms with Crippen LogP contribution in [0.4, 0.5) is 8.78 Å². The zero-order chi connectivity index (χ0) is 13.7. The molecule has 7 heteroatoms. The first kappa shape index (κ1) is 14.9. The number of aliphatic hydroxyl groups excluding tert-OH is 1. The Kier molecular flexibility index (Phi) is 5.58. The second-order valence-electron chi connectivity index (χ2n) is 3.65. The van der Waals surface area contributed by atoms with Gasteiger partial charge in [0.05, 0.1) is 7.11 Å². The average molecular weight is 282 g/mol. The van der Waals surface area contributed by atoms with Gasteiger partial charge < -0.3 is 20.3 Å². The zero-order valence-electron chi connectivity index (χ0n) is 9.66. The Morgan fingerprint density at radius 3 is 2.67 bits per heavy atom. The predicted molar refractivity (Wildman–Crippen MR) is 63.4 cm³/mol. The van der Waals surface area contributed by atoms with Gasteiger partial charge in [-0.2, -0.15) is 0 Å². The van der Waals surface area contributed by atoms with E-state index in [1.165, 1.54) is 19.2 Å². The van der Waals surface area contributed by atoms with Crippen LogP contribution in [0.25, 0.3) is 0 Å². The third-order valence-corrected chi connectivity index (χ3v) is 2.52. The first-order valence-corrected chi connectivity index (χ1v) is 5.55. The van der Waals surface area contributed by atoms with Gasteiger partial charge in [0.2, 0.25) is 0 Å². The summed E-state index contributed by atoms with van der Waals surface area (Å²) in [6.45, 7) is -0.196. The summed E-state index contributed by atoms with van der Waals surface area (Å²) in [6.07, 6.45) is -4.55. The van der Waals surface area contributed by atoms with Gasteiger partial charge in [-0.15, -0.1) is 0 Å². The SMILES string of the molecule is COc1cc(Cl)cc(CNCC(O)C(F)F)c1O. The van der Waals surface area contributed by atoms with Crippen LogP contribution in [-0.2, 0) is 6.54 Å². The number of hydrogen-bond donors (Lipinski definition) is 3. The van der Waals surface area contributed by atoms with E-state index in [0.717, 1.165) is 0 Å². The van der Waals surface area contributed by atoms with Gasteiger partial charge in [-0.3, -0.25) is 0 Å². The molecule has 0 bridgehead atoms. The van der Waals surface area contributed by atoms with E-state index in [-0.39, 0.29) is 24.6 Å². The lowest BCUT2D eigenvalue weighted by atomic mass is 10.2. The molecule has 18 heavy (non-hydrogen) atoms. The number of methoxy groups -OCH3 is 1. The van der Waals surface area contributed by atoms with Gasteiger partial charge in [-0.05, 0) is 6.07 Å². The number of aromatic hydroxyl groups is 1. The second kappa shape index (κ2) is 6.72. The quantitative estimate of drug-likeness (QED) is 0.744. The highest BCUT2D eigenvalue weighted by Gasteiger charge is 2.16. The molecule has 4 nitrogen and oxygen atoms in total. The van der Waals surface area contributed by atoms with Gasteiger partial charge in [0.1, 0.15) is 6.10 Å². The summed E-state index contributed by atoms with van der Waals surface area (Å²) in [5, 5.41) is 21.6. The van der Waals surface area contributed by atoms with Crippen LogP contribution in [-0.4, -0.2) is 36.4 Å². The zero-order valence-corrected chi connectivity index (χ0v) is 10.4. The van der Waals surface area contributed by atoms with E-state index >= 15 is 0 Å². The van der Waals surface area contributed by atoms with Gasteiger partial charge in [0.15, 0.2) is 11.5 Å². The number of hydrogen-bond acceptors (Lipinski definition) is 4. The van der Waals surface area contributed by atoms with Gasteiger partial charge in [-0.1, -0.05) is 11.6 Å². The van der Waals surface area contributed by atoms with Crippen molar-refractivity contribution >= 4 is 11.6 Å². The van der Waals surface area contributed by atoms with Gasteiger partial charge in [0, 0.05) is 29.7 Å². The lowest BCUT2D eigenvalue weighted by molar-refractivity contribution is -0.00342. The van der Waals surface area contributed by atoms with Gasteiger partial charge in [0.25, 0.3) is 6.43 Å². The third-order valence-electron chi connectivity index (χ3n) is 2.30. The highest BCUT2D eigenvalue weighted by Crippen LogP contribution is 2.33. The maximum atomic E-state index is 12.0. The monoisotopic (exact) mass is 281 g/mol. The van der Waals surface area contributed by atoms with Crippen LogP contribution in [0, 0.1) is 0 Å². The van der Waals surface area contributed by atoms with E-state index in [1.54, 1.807) is 0 Å². The number of halogens is 3. The molecule has 102 valence electrons. The molecule has 0 aromatic heterocycles. The van der Waals surface area contributed by atoms with Crippen molar-refractivity contribution in [1.82, 2.24) is 5.32 Å². The van der Waals surface area contributed by atoms with E-state index in [1.807, 2.05) is 0 Å². The lowest BCUT2D eigenvalue weighted by Gasteiger charge is -2.13. The first-order chi connectivity index (χ1) is 8.45. The van der Waals surface area contributed by atoms with Crippen LogP contribution in [0.15, 0.2) is 12.1 Å². The van der Waals surface area contributed by atoms with Crippen molar-refractivity contribution in [3.63, 3.8) is 0 Å². The average Bonchev–Trinajstić information content (AvgIpc) is 2.32. The minimum atomic E-state index is -2.81. The number of rotatable bonds is 6. The van der Waals surface area contributed by atoms with E-state index in [0.29, 0.717) is 10.6 Å². The summed E-state index contributed by atoms with van der Waals surface area (Å²) in [7, 11) is 1.38. The van der Waals surface area contributed by atoms with Gasteiger partial charge in [-0.25, -0.2) is 8.78 Å². The molecular weight excluding hydrogens is 268 g/mol. The van der Waals surface area contributed by atoms with Crippen LogP contribution in [0.5, 0.6) is 11.5 Å². The van der Waals surface area contributed by atoms with Crippen molar-refractivity contribution in [3.05, 3.63) is 22.7 Å². The molecule has 1 aromatic carbocycles. The Balaban J connectivity index is 2.65. The lowest BCUT2D eigenvalue weighted by Crippen LogP contribution is -2.31. The molecule has 0 fully saturated rings. The molecule has 3 N–H and O–H groups in total. The highest BCUT2D eigenvalue weighted by molar-refractivity contribution is 6.30. The van der Waals surface area contributed by atoms with Crippen LogP contribution in [0.3, 0.4) is 0 Å². The Hall–Kier alpha value is -1.11. The van der Waals surface area contributed by atoms with Crippen molar-refractivity contribution in [2.24, 2.45) is 0 Å². The molecule has 0 saturated carbocycles. The molecule has 0 spiro atoms. The molecule has 0 aliphatic heterocycles. The number of nitrogens with one attached hydrogen (secondary N) is 1. The fourth-order valence-electron chi connectivity index (χ4n) is 1.36. The van der Waals surface area contributed by atoms with E-state index < -0.39 is 12.5 Å². The minimum Gasteiger partial charge on any atom is -0.504 e. The fraction of sp³-hybridized carbons (Fsp3) is 0.455. The molecule has 0 radical (unpaired) electrons. The smallest absolute Gasteiger partial charge is 0.265 e. The van der Waals surface area contributed by atoms with Crippen molar-refractivity contribution in [2.45, 2.75) is 19.1 Å². The molecule has 0 heterocycles. The van der Waals surface area contributed by atoms with Crippen molar-refractivity contribution in [3.8, 4) is 11.5 Å². The number of phenolic OH excluding ortho intramolecular Hbond substituents is 1. The third kappa shape index (κ3) is 3.97. The Labute approximate surface area is 108 Å². The minimum absolute atomic E-state index is 0.0898. The van der Waals surface area contributed by atoms with Crippen molar-refractivity contribution in [1.29, 1.82) is 0 Å². The molecule has 0 amide bonds. The molecule has 1 unspecified atom stereocenters. The fourth-order valence-corrected chi connectivity index (χ4v) is 1.59. The van der Waals surface area contributed by atoms with Crippen LogP contribution in [0.1, 0.15) is 5.56 Å². The Morgan fingerprint density at radius 2 is 2.11 bits per heavy atom. The van der Waals surface area contributed by atoms with Crippen LogP contribution in [0.2, 0.25) is 5.02 Å². The summed E-state index contributed by atoms with van der Waals surface area (Å²) >= 11 is 5.80. The number of alkyl halides is 2. The highest BCUT2D eigenvalue weighted by atomic mass is 35.5. The maximum absolute atomic E-state index is 12.0. The summed E-state index contributed by atoms with van der Waals surface area (Å²) in [5.74, 6) is 0.0923. The predicted octanol–water partition coefficient (Wildman–Crippen LogP) is 1.77. The number of benzene rings is 1. The van der Waals surface area contributed by atoms with E-state index in [9.17, 15) is 13.9 Å².